The molecule has 0 saturated carbocycles. The summed E-state index contributed by atoms with van der Waals surface area (Å²) in [6, 6.07) is 19.5. The first-order valence-corrected chi connectivity index (χ1v) is 17.7. The molecule has 0 spiro atoms. The van der Waals surface area contributed by atoms with Gasteiger partial charge in [0, 0.05) is 66.4 Å². The molecule has 2 aliphatic rings. The van der Waals surface area contributed by atoms with Crippen LogP contribution in [0.5, 0.6) is 0 Å². The smallest absolute Gasteiger partial charge is 0.254 e. The lowest BCUT2D eigenvalue weighted by Gasteiger charge is -2.42. The van der Waals surface area contributed by atoms with Gasteiger partial charge in [-0.05, 0) is 73.8 Å². The van der Waals surface area contributed by atoms with E-state index in [2.05, 4.69) is 10.1 Å². The topological polar surface area (TPSA) is 85.8 Å². The summed E-state index contributed by atoms with van der Waals surface area (Å²) < 4.78 is 0. The van der Waals surface area contributed by atoms with Crippen molar-refractivity contribution in [2.24, 2.45) is 5.16 Å². The third-order valence-corrected chi connectivity index (χ3v) is 10.3. The van der Waals surface area contributed by atoms with Crippen molar-refractivity contribution in [1.29, 1.82) is 0 Å². The molecule has 0 aromatic heterocycles. The van der Waals surface area contributed by atoms with Crippen molar-refractivity contribution in [2.75, 3.05) is 60.0 Å². The summed E-state index contributed by atoms with van der Waals surface area (Å²) in [4.78, 5) is 52.3. The molecule has 0 N–H and O–H groups in total. The van der Waals surface area contributed by atoms with Gasteiger partial charge in [0.25, 0.3) is 11.8 Å². The number of carbonyl (C=O) groups excluding carboxylic acids is 3. The van der Waals surface area contributed by atoms with Gasteiger partial charge < -0.3 is 24.4 Å². The van der Waals surface area contributed by atoms with Gasteiger partial charge in [-0.25, -0.2) is 0 Å². The minimum Gasteiger partial charge on any atom is -0.399 e. The number of piperidine rings is 1. The number of halogens is 4. The van der Waals surface area contributed by atoms with Gasteiger partial charge in [-0.1, -0.05) is 75.8 Å². The zero-order valence-electron chi connectivity index (χ0n) is 27.5. The van der Waals surface area contributed by atoms with E-state index in [1.54, 1.807) is 53.2 Å². The molecule has 0 radical (unpaired) electrons. The van der Waals surface area contributed by atoms with Crippen molar-refractivity contribution in [3.05, 3.63) is 104 Å². The Morgan fingerprint density at radius 2 is 1.59 bits per heavy atom. The number of likely N-dealkylation sites (tertiary alicyclic amines) is 1. The molecule has 0 bridgehead atoms. The lowest BCUT2D eigenvalue weighted by molar-refractivity contribution is -0.138. The summed E-state index contributed by atoms with van der Waals surface area (Å²) in [6.45, 7) is 3.72. The molecule has 3 amide bonds. The lowest BCUT2D eigenvalue weighted by atomic mass is 9.89. The van der Waals surface area contributed by atoms with E-state index in [9.17, 15) is 14.4 Å². The maximum Gasteiger partial charge on any atom is 0.254 e. The van der Waals surface area contributed by atoms with Crippen molar-refractivity contribution in [2.45, 2.75) is 31.2 Å². The van der Waals surface area contributed by atoms with Crippen LogP contribution in [0, 0.1) is 0 Å². The van der Waals surface area contributed by atoms with Gasteiger partial charge in [0.2, 0.25) is 5.91 Å². The predicted octanol–water partition coefficient (Wildman–Crippen LogP) is 7.00. The first kappa shape index (κ1) is 36.9. The van der Waals surface area contributed by atoms with Crippen LogP contribution < -0.4 is 0 Å². The van der Waals surface area contributed by atoms with Crippen LogP contribution in [0.3, 0.4) is 0 Å². The van der Waals surface area contributed by atoms with E-state index in [0.717, 1.165) is 38.0 Å². The standard InChI is InChI=1S/C36H39Cl4N5O4/c1-42(35(47)26-18-27(37)21-28(38)19-26)22-33(41-49-2)30(25-8-9-31(39)32(40)20-25)12-15-43-13-10-29(11-14-43)45-17-16-44(23-34(45)46)36(48)24-6-4-3-5-7-24/h3-9,18-21,29-30H,10-17,22-23H2,1-2H3/b41-33+. The first-order valence-electron chi connectivity index (χ1n) is 16.2. The molecule has 2 saturated heterocycles. The molecule has 0 aliphatic carbocycles. The highest BCUT2D eigenvalue weighted by Crippen LogP contribution is 2.31. The lowest BCUT2D eigenvalue weighted by Crippen LogP contribution is -2.57. The summed E-state index contributed by atoms with van der Waals surface area (Å²) in [5, 5.41) is 6.01. The molecule has 3 aromatic carbocycles. The highest BCUT2D eigenvalue weighted by molar-refractivity contribution is 6.42. The number of rotatable bonds is 11. The molecule has 5 rings (SSSR count). The van der Waals surface area contributed by atoms with Crippen molar-refractivity contribution >= 4 is 69.8 Å². The quantitative estimate of drug-likeness (QED) is 0.156. The van der Waals surface area contributed by atoms with Crippen molar-refractivity contribution in [1.82, 2.24) is 19.6 Å². The Kier molecular flexibility index (Phi) is 12.8. The zero-order chi connectivity index (χ0) is 35.1. The SMILES string of the molecule is CO/N=C(\CN(C)C(=O)c1cc(Cl)cc(Cl)c1)C(CCN1CCC(N2CCN(C(=O)c3ccccc3)CC2=O)CC1)c1ccc(Cl)c(Cl)c1. The second-order valence-corrected chi connectivity index (χ2v) is 14.0. The Hall–Kier alpha value is -3.34. The zero-order valence-corrected chi connectivity index (χ0v) is 30.5. The van der Waals surface area contributed by atoms with E-state index in [4.69, 9.17) is 51.2 Å². The van der Waals surface area contributed by atoms with Gasteiger partial charge in [-0.2, -0.15) is 0 Å². The number of hydrogen-bond donors (Lipinski definition) is 0. The third-order valence-electron chi connectivity index (χ3n) is 9.11. The Labute approximate surface area is 307 Å². The number of oxime groups is 1. The van der Waals surface area contributed by atoms with Crippen molar-refractivity contribution < 1.29 is 19.2 Å². The monoisotopic (exact) mass is 745 g/mol. The average molecular weight is 748 g/mol. The normalized spacial score (nSPS) is 16.9. The number of hydrogen-bond acceptors (Lipinski definition) is 6. The summed E-state index contributed by atoms with van der Waals surface area (Å²) in [5.41, 5.74) is 2.51. The van der Waals surface area contributed by atoms with Gasteiger partial charge in [0.15, 0.2) is 0 Å². The molecule has 49 heavy (non-hydrogen) atoms. The largest absolute Gasteiger partial charge is 0.399 e. The van der Waals surface area contributed by atoms with Crippen LogP contribution in [0.1, 0.15) is 51.5 Å². The van der Waals surface area contributed by atoms with E-state index >= 15 is 0 Å². The van der Waals surface area contributed by atoms with Gasteiger partial charge >= 0.3 is 0 Å². The molecule has 1 unspecified atom stereocenters. The molecule has 13 heteroatoms. The maximum absolute atomic E-state index is 13.4. The Morgan fingerprint density at radius 1 is 0.898 bits per heavy atom. The maximum atomic E-state index is 13.4. The molecule has 3 aromatic rings. The summed E-state index contributed by atoms with van der Waals surface area (Å²) in [5.74, 6) is -0.612. The molecule has 2 heterocycles. The minimum atomic E-state index is -0.261. The molecule has 1 atom stereocenters. The second-order valence-electron chi connectivity index (χ2n) is 12.4. The Bertz CT molecular complexity index is 1660. The Morgan fingerprint density at radius 3 is 2.22 bits per heavy atom. The second kappa shape index (κ2) is 17.1. The van der Waals surface area contributed by atoms with Crippen molar-refractivity contribution in [3.63, 3.8) is 0 Å². The van der Waals surface area contributed by atoms with Gasteiger partial charge in [-0.15, -0.1) is 0 Å². The van der Waals surface area contributed by atoms with E-state index in [0.29, 0.717) is 56.4 Å². The molecule has 260 valence electrons. The summed E-state index contributed by atoms with van der Waals surface area (Å²) in [6.07, 6.45) is 2.36. The summed E-state index contributed by atoms with van der Waals surface area (Å²) >= 11 is 25.1. The summed E-state index contributed by atoms with van der Waals surface area (Å²) in [7, 11) is 3.17. The number of carbonyl (C=O) groups is 3. The molecular weight excluding hydrogens is 708 g/mol. The van der Waals surface area contributed by atoms with Gasteiger partial charge in [-0.3, -0.25) is 14.4 Å². The van der Waals surface area contributed by atoms with Crippen LogP contribution in [0.2, 0.25) is 20.1 Å². The van der Waals surface area contributed by atoms with E-state index in [1.807, 2.05) is 35.2 Å². The van der Waals surface area contributed by atoms with Crippen LogP contribution in [-0.4, -0.2) is 109 Å². The molecule has 9 nitrogen and oxygen atoms in total. The van der Waals surface area contributed by atoms with E-state index in [-0.39, 0.29) is 42.8 Å². The minimum absolute atomic E-state index is 0.00667. The number of benzene rings is 3. The van der Waals surface area contributed by atoms with E-state index in [1.165, 1.54) is 7.11 Å². The van der Waals surface area contributed by atoms with Crippen LogP contribution in [-0.2, 0) is 9.63 Å². The fourth-order valence-corrected chi connectivity index (χ4v) is 7.40. The highest BCUT2D eigenvalue weighted by atomic mass is 35.5. The van der Waals surface area contributed by atoms with Crippen LogP contribution in [0.4, 0.5) is 0 Å². The Balaban J connectivity index is 1.22. The van der Waals surface area contributed by atoms with E-state index < -0.39 is 0 Å². The number of nitrogens with zero attached hydrogens (tertiary/aromatic N) is 5. The molecule has 2 fully saturated rings. The van der Waals surface area contributed by atoms with Gasteiger partial charge in [0.05, 0.1) is 22.3 Å². The number of amides is 3. The highest BCUT2D eigenvalue weighted by Gasteiger charge is 2.34. The van der Waals surface area contributed by atoms with Crippen molar-refractivity contribution in [3.8, 4) is 0 Å². The third kappa shape index (κ3) is 9.47. The molecular formula is C36H39Cl4N5O4. The number of piperazine rings is 1. The fourth-order valence-electron chi connectivity index (χ4n) is 6.56. The molecule has 2 aliphatic heterocycles. The van der Waals surface area contributed by atoms with Gasteiger partial charge in [0.1, 0.15) is 13.7 Å². The average Bonchev–Trinajstić information content (AvgIpc) is 3.09. The first-order chi connectivity index (χ1) is 23.5. The van der Waals surface area contributed by atoms with Crippen LogP contribution in [0.25, 0.3) is 0 Å². The fraction of sp³-hybridized carbons (Fsp3) is 0.389. The predicted molar refractivity (Wildman–Crippen MR) is 195 cm³/mol. The van der Waals surface area contributed by atoms with Crippen LogP contribution >= 0.6 is 46.4 Å². The van der Waals surface area contributed by atoms with Crippen LogP contribution in [0.15, 0.2) is 71.9 Å².